The van der Waals surface area contributed by atoms with Crippen molar-refractivity contribution in [3.8, 4) is 0 Å². The molecule has 0 spiro atoms. The lowest BCUT2D eigenvalue weighted by molar-refractivity contribution is 0.379. The van der Waals surface area contributed by atoms with Crippen molar-refractivity contribution >= 4 is 16.0 Å². The summed E-state index contributed by atoms with van der Waals surface area (Å²) in [5.41, 5.74) is 0. The molecule has 1 aliphatic rings. The van der Waals surface area contributed by atoms with Crippen LogP contribution in [-0.2, 0) is 10.0 Å². The fraction of sp³-hybridized carbons (Fsp3) is 0.692. The first-order chi connectivity index (χ1) is 9.59. The molecule has 1 saturated heterocycles. The molecule has 1 unspecified atom stereocenters. The zero-order chi connectivity index (χ0) is 14.6. The highest BCUT2D eigenvalue weighted by atomic mass is 32.2. The van der Waals surface area contributed by atoms with Gasteiger partial charge in [-0.2, -0.15) is 4.31 Å². The summed E-state index contributed by atoms with van der Waals surface area (Å²) in [7, 11) is -3.46. The van der Waals surface area contributed by atoms with Gasteiger partial charge in [-0.1, -0.05) is 13.8 Å². The molecule has 1 aliphatic heterocycles. The van der Waals surface area contributed by atoms with Crippen molar-refractivity contribution in [2.75, 3.05) is 18.4 Å². The largest absolute Gasteiger partial charge is 0.354 e. The van der Waals surface area contributed by atoms with E-state index >= 15 is 0 Å². The number of sulfonamides is 1. The van der Waals surface area contributed by atoms with E-state index in [9.17, 15) is 8.42 Å². The predicted molar refractivity (Wildman–Crippen MR) is 78.0 cm³/mol. The molecule has 0 aromatic carbocycles. The lowest BCUT2D eigenvalue weighted by Gasteiger charge is -2.22. The van der Waals surface area contributed by atoms with Crippen LogP contribution >= 0.6 is 0 Å². The van der Waals surface area contributed by atoms with E-state index in [1.807, 2.05) is 13.8 Å². The Labute approximate surface area is 120 Å². The third-order valence-corrected chi connectivity index (χ3v) is 5.47. The molecule has 1 atom stereocenters. The molecule has 2 rings (SSSR count). The SMILES string of the molecule is CCCNc1ncc(S(=O)(=O)N2CCCC2CC)cn1. The molecule has 1 aromatic heterocycles. The molecule has 6 nitrogen and oxygen atoms in total. The van der Waals surface area contributed by atoms with Gasteiger partial charge < -0.3 is 5.32 Å². The Kier molecular flexibility index (Phi) is 4.93. The Morgan fingerprint density at radius 1 is 1.35 bits per heavy atom. The quantitative estimate of drug-likeness (QED) is 0.867. The topological polar surface area (TPSA) is 75.2 Å². The Bertz CT molecular complexity index is 530. The minimum atomic E-state index is -3.46. The molecule has 0 bridgehead atoms. The van der Waals surface area contributed by atoms with Crippen molar-refractivity contribution in [2.45, 2.75) is 50.5 Å². The van der Waals surface area contributed by atoms with Gasteiger partial charge in [0.25, 0.3) is 0 Å². The number of nitrogens with zero attached hydrogens (tertiary/aromatic N) is 3. The van der Waals surface area contributed by atoms with Gasteiger partial charge in [0, 0.05) is 19.1 Å². The minimum Gasteiger partial charge on any atom is -0.354 e. The van der Waals surface area contributed by atoms with Crippen LogP contribution in [0.4, 0.5) is 5.95 Å². The summed E-state index contributed by atoms with van der Waals surface area (Å²) >= 11 is 0. The number of anilines is 1. The van der Waals surface area contributed by atoms with Crippen LogP contribution < -0.4 is 5.32 Å². The summed E-state index contributed by atoms with van der Waals surface area (Å²) in [5.74, 6) is 0.472. The summed E-state index contributed by atoms with van der Waals surface area (Å²) in [6, 6.07) is 0.109. The van der Waals surface area contributed by atoms with Crippen LogP contribution in [-0.4, -0.2) is 41.8 Å². The van der Waals surface area contributed by atoms with E-state index in [0.29, 0.717) is 12.5 Å². The van der Waals surface area contributed by atoms with E-state index < -0.39 is 10.0 Å². The van der Waals surface area contributed by atoms with Crippen LogP contribution in [0, 0.1) is 0 Å². The van der Waals surface area contributed by atoms with Crippen LogP contribution in [0.1, 0.15) is 39.5 Å². The van der Waals surface area contributed by atoms with Gasteiger partial charge >= 0.3 is 0 Å². The zero-order valence-corrected chi connectivity index (χ0v) is 12.9. The predicted octanol–water partition coefficient (Wildman–Crippen LogP) is 1.86. The molecule has 7 heteroatoms. The first-order valence-electron chi connectivity index (χ1n) is 7.17. The number of rotatable bonds is 6. The third-order valence-electron chi connectivity index (χ3n) is 3.56. The number of nitrogens with one attached hydrogen (secondary N) is 1. The molecule has 0 amide bonds. The van der Waals surface area contributed by atoms with Gasteiger partial charge in [-0.25, -0.2) is 18.4 Å². The van der Waals surface area contributed by atoms with Gasteiger partial charge in [-0.05, 0) is 25.7 Å². The van der Waals surface area contributed by atoms with Crippen molar-refractivity contribution in [2.24, 2.45) is 0 Å². The van der Waals surface area contributed by atoms with E-state index in [1.54, 1.807) is 4.31 Å². The van der Waals surface area contributed by atoms with E-state index in [1.165, 1.54) is 12.4 Å². The maximum atomic E-state index is 12.6. The Morgan fingerprint density at radius 2 is 2.05 bits per heavy atom. The minimum absolute atomic E-state index is 0.109. The van der Waals surface area contributed by atoms with Gasteiger partial charge in [0.15, 0.2) is 0 Å². The highest BCUT2D eigenvalue weighted by Gasteiger charge is 2.34. The summed E-state index contributed by atoms with van der Waals surface area (Å²) in [6.45, 7) is 5.43. The second kappa shape index (κ2) is 6.49. The second-order valence-corrected chi connectivity index (χ2v) is 6.88. The molecule has 1 N–H and O–H groups in total. The van der Waals surface area contributed by atoms with Gasteiger partial charge in [-0.15, -0.1) is 0 Å². The summed E-state index contributed by atoms with van der Waals surface area (Å²) < 4.78 is 26.7. The maximum absolute atomic E-state index is 12.6. The Morgan fingerprint density at radius 3 is 2.65 bits per heavy atom. The first-order valence-corrected chi connectivity index (χ1v) is 8.61. The van der Waals surface area contributed by atoms with Crippen molar-refractivity contribution in [1.29, 1.82) is 0 Å². The van der Waals surface area contributed by atoms with Gasteiger partial charge in [0.05, 0.1) is 12.4 Å². The van der Waals surface area contributed by atoms with Crippen molar-refractivity contribution in [3.05, 3.63) is 12.4 Å². The van der Waals surface area contributed by atoms with E-state index in [4.69, 9.17) is 0 Å². The lowest BCUT2D eigenvalue weighted by atomic mass is 10.2. The highest BCUT2D eigenvalue weighted by molar-refractivity contribution is 7.89. The molecular formula is C13H22N4O2S. The molecule has 0 saturated carbocycles. The van der Waals surface area contributed by atoms with Crippen molar-refractivity contribution in [3.63, 3.8) is 0 Å². The average molecular weight is 298 g/mol. The molecule has 0 radical (unpaired) electrons. The molecular weight excluding hydrogens is 276 g/mol. The molecule has 20 heavy (non-hydrogen) atoms. The second-order valence-electron chi connectivity index (χ2n) is 4.99. The van der Waals surface area contributed by atoms with Crippen molar-refractivity contribution in [1.82, 2.24) is 14.3 Å². The Balaban J connectivity index is 2.17. The molecule has 112 valence electrons. The Hall–Kier alpha value is -1.21. The summed E-state index contributed by atoms with van der Waals surface area (Å²) in [4.78, 5) is 8.33. The average Bonchev–Trinajstić information content (AvgIpc) is 2.95. The fourth-order valence-corrected chi connectivity index (χ4v) is 4.11. The van der Waals surface area contributed by atoms with E-state index in [2.05, 4.69) is 15.3 Å². The van der Waals surface area contributed by atoms with Crippen LogP contribution in [0.5, 0.6) is 0 Å². The highest BCUT2D eigenvalue weighted by Crippen LogP contribution is 2.27. The first kappa shape index (κ1) is 15.2. The van der Waals surface area contributed by atoms with E-state index in [-0.39, 0.29) is 10.9 Å². The van der Waals surface area contributed by atoms with Crippen LogP contribution in [0.25, 0.3) is 0 Å². The molecule has 2 heterocycles. The standard InChI is InChI=1S/C13H22N4O2S/c1-3-7-14-13-15-9-12(10-16-13)20(18,19)17-8-5-6-11(17)4-2/h9-11H,3-8H2,1-2H3,(H,14,15,16). The van der Waals surface area contributed by atoms with Gasteiger partial charge in [-0.3, -0.25) is 0 Å². The van der Waals surface area contributed by atoms with Crippen LogP contribution in [0.3, 0.4) is 0 Å². The molecule has 1 aromatic rings. The fourth-order valence-electron chi connectivity index (χ4n) is 2.45. The molecule has 1 fully saturated rings. The monoisotopic (exact) mass is 298 g/mol. The van der Waals surface area contributed by atoms with Crippen LogP contribution in [0.2, 0.25) is 0 Å². The summed E-state index contributed by atoms with van der Waals surface area (Å²) in [5, 5.41) is 3.03. The zero-order valence-electron chi connectivity index (χ0n) is 12.0. The number of aromatic nitrogens is 2. The van der Waals surface area contributed by atoms with Crippen LogP contribution in [0.15, 0.2) is 17.3 Å². The maximum Gasteiger partial charge on any atom is 0.246 e. The third kappa shape index (κ3) is 3.09. The normalized spacial score (nSPS) is 20.2. The lowest BCUT2D eigenvalue weighted by Crippen LogP contribution is -2.35. The van der Waals surface area contributed by atoms with Gasteiger partial charge in [0.2, 0.25) is 16.0 Å². The smallest absolute Gasteiger partial charge is 0.246 e. The van der Waals surface area contributed by atoms with E-state index in [0.717, 1.165) is 32.2 Å². The number of hydrogen-bond donors (Lipinski definition) is 1. The number of hydrogen-bond acceptors (Lipinski definition) is 5. The van der Waals surface area contributed by atoms with Crippen molar-refractivity contribution < 1.29 is 8.42 Å². The van der Waals surface area contributed by atoms with Gasteiger partial charge in [0.1, 0.15) is 4.90 Å². The molecule has 0 aliphatic carbocycles. The summed E-state index contributed by atoms with van der Waals surface area (Å²) in [6.07, 6.45) is 6.46.